The van der Waals surface area contributed by atoms with E-state index in [1.165, 1.54) is 6.08 Å². The summed E-state index contributed by atoms with van der Waals surface area (Å²) in [5.74, 6) is 0. The van der Waals surface area contributed by atoms with Gasteiger partial charge in [0.2, 0.25) is 0 Å². The molecule has 7 heteroatoms. The summed E-state index contributed by atoms with van der Waals surface area (Å²) in [6.07, 6.45) is 2.34. The van der Waals surface area contributed by atoms with Crippen LogP contribution < -0.4 is 4.90 Å². The fourth-order valence-corrected chi connectivity index (χ4v) is 2.46. The Balaban J connectivity index is 2.15. The molecule has 0 N–H and O–H groups in total. The van der Waals surface area contributed by atoms with Crippen molar-refractivity contribution >= 4 is 33.0 Å². The van der Waals surface area contributed by atoms with E-state index in [9.17, 15) is 8.42 Å². The van der Waals surface area contributed by atoms with E-state index in [1.54, 1.807) is 30.3 Å². The number of rotatable bonds is 5. The highest BCUT2D eigenvalue weighted by Gasteiger charge is 2.10. The standard InChI is InChI=1S/C18H18N4O2S/c1-22(2)17-10-8-16(9-11-17)21-20-15-6-4-14(5-7-15)12-18(13-19)25(3,23)24/h4-12H,1-3H3/b18-12?,21-20+. The minimum Gasteiger partial charge on any atom is -0.378 e. The molecule has 0 spiro atoms. The number of nitriles is 1. The highest BCUT2D eigenvalue weighted by atomic mass is 32.2. The van der Waals surface area contributed by atoms with Gasteiger partial charge in [0.1, 0.15) is 11.0 Å². The predicted octanol–water partition coefficient (Wildman–Crippen LogP) is 4.08. The molecule has 0 heterocycles. The fraction of sp³-hybridized carbons (Fsp3) is 0.167. The fourth-order valence-electron chi connectivity index (χ4n) is 1.94. The summed E-state index contributed by atoms with van der Waals surface area (Å²) in [4.78, 5) is 1.72. The molecule has 0 radical (unpaired) electrons. The van der Waals surface area contributed by atoms with Crippen LogP contribution in [0, 0.1) is 11.3 Å². The lowest BCUT2D eigenvalue weighted by Crippen LogP contribution is -2.07. The summed E-state index contributed by atoms with van der Waals surface area (Å²) in [6.45, 7) is 0. The van der Waals surface area contributed by atoms with Gasteiger partial charge in [0.05, 0.1) is 11.4 Å². The number of azo groups is 1. The predicted molar refractivity (Wildman–Crippen MR) is 99.8 cm³/mol. The number of nitrogens with zero attached hydrogens (tertiary/aromatic N) is 4. The van der Waals surface area contributed by atoms with Crippen molar-refractivity contribution in [3.05, 3.63) is 59.0 Å². The number of hydrogen-bond acceptors (Lipinski definition) is 6. The lowest BCUT2D eigenvalue weighted by atomic mass is 10.2. The van der Waals surface area contributed by atoms with Gasteiger partial charge in [-0.3, -0.25) is 0 Å². The summed E-state index contributed by atoms with van der Waals surface area (Å²) in [6, 6.07) is 16.1. The van der Waals surface area contributed by atoms with Crippen LogP contribution in [0.25, 0.3) is 6.08 Å². The molecule has 0 saturated heterocycles. The molecule has 0 amide bonds. The van der Waals surface area contributed by atoms with Gasteiger partial charge < -0.3 is 4.90 Å². The van der Waals surface area contributed by atoms with Gasteiger partial charge >= 0.3 is 0 Å². The average molecular weight is 354 g/mol. The molecule has 2 aromatic carbocycles. The molecule has 0 aromatic heterocycles. The first-order valence-corrected chi connectivity index (χ1v) is 9.30. The first kappa shape index (κ1) is 18.4. The highest BCUT2D eigenvalue weighted by molar-refractivity contribution is 7.95. The van der Waals surface area contributed by atoms with Gasteiger partial charge in [0.15, 0.2) is 9.84 Å². The molecule has 2 aromatic rings. The van der Waals surface area contributed by atoms with Gasteiger partial charge in [-0.15, -0.1) is 0 Å². The van der Waals surface area contributed by atoms with Crippen molar-refractivity contribution in [2.75, 3.05) is 25.3 Å². The third-order valence-corrected chi connectivity index (χ3v) is 4.36. The second-order valence-corrected chi connectivity index (χ2v) is 7.58. The molecule has 25 heavy (non-hydrogen) atoms. The Hall–Kier alpha value is -2.98. The third kappa shape index (κ3) is 5.26. The van der Waals surface area contributed by atoms with Crippen LogP contribution in [0.1, 0.15) is 5.56 Å². The first-order chi connectivity index (χ1) is 11.8. The Bertz CT molecular complexity index is 936. The van der Waals surface area contributed by atoms with E-state index in [-0.39, 0.29) is 4.91 Å². The Morgan fingerprint density at radius 1 is 1.00 bits per heavy atom. The molecular formula is C18H18N4O2S. The largest absolute Gasteiger partial charge is 0.378 e. The van der Waals surface area contributed by atoms with Crippen molar-refractivity contribution in [3.8, 4) is 6.07 Å². The molecule has 0 aliphatic carbocycles. The van der Waals surface area contributed by atoms with Crippen LogP contribution in [0.5, 0.6) is 0 Å². The first-order valence-electron chi connectivity index (χ1n) is 7.40. The number of sulfone groups is 1. The number of anilines is 1. The summed E-state index contributed by atoms with van der Waals surface area (Å²) in [7, 11) is 0.408. The van der Waals surface area contributed by atoms with E-state index in [0.29, 0.717) is 11.3 Å². The Morgan fingerprint density at radius 2 is 1.48 bits per heavy atom. The Labute approximate surface area is 147 Å². The number of allylic oxidation sites excluding steroid dienone is 1. The maximum atomic E-state index is 11.4. The van der Waals surface area contributed by atoms with E-state index in [1.807, 2.05) is 43.3 Å². The van der Waals surface area contributed by atoms with E-state index in [2.05, 4.69) is 10.2 Å². The maximum Gasteiger partial charge on any atom is 0.185 e. The number of benzene rings is 2. The van der Waals surface area contributed by atoms with Crippen LogP contribution in [0.3, 0.4) is 0 Å². The Morgan fingerprint density at radius 3 is 1.88 bits per heavy atom. The van der Waals surface area contributed by atoms with Gasteiger partial charge in [-0.25, -0.2) is 8.42 Å². The summed E-state index contributed by atoms with van der Waals surface area (Å²) >= 11 is 0. The van der Waals surface area contributed by atoms with Crippen molar-refractivity contribution in [1.29, 1.82) is 5.26 Å². The normalized spacial score (nSPS) is 12.2. The van der Waals surface area contributed by atoms with Crippen molar-refractivity contribution in [2.45, 2.75) is 0 Å². The van der Waals surface area contributed by atoms with Crippen LogP contribution in [0.15, 0.2) is 63.7 Å². The van der Waals surface area contributed by atoms with Crippen LogP contribution in [-0.4, -0.2) is 28.8 Å². The van der Waals surface area contributed by atoms with Crippen LogP contribution in [0.2, 0.25) is 0 Å². The van der Waals surface area contributed by atoms with Crippen molar-refractivity contribution in [2.24, 2.45) is 10.2 Å². The monoisotopic (exact) mass is 354 g/mol. The zero-order valence-electron chi connectivity index (χ0n) is 14.2. The molecule has 0 saturated carbocycles. The molecule has 0 unspecified atom stereocenters. The van der Waals surface area contributed by atoms with Crippen molar-refractivity contribution in [1.82, 2.24) is 0 Å². The van der Waals surface area contributed by atoms with Gasteiger partial charge in [-0.05, 0) is 48.0 Å². The highest BCUT2D eigenvalue weighted by Crippen LogP contribution is 2.22. The summed E-state index contributed by atoms with van der Waals surface area (Å²) in [5.41, 5.74) is 3.05. The van der Waals surface area contributed by atoms with E-state index >= 15 is 0 Å². The second kappa shape index (κ2) is 7.73. The summed E-state index contributed by atoms with van der Waals surface area (Å²) < 4.78 is 22.9. The molecule has 0 bridgehead atoms. The van der Waals surface area contributed by atoms with Gasteiger partial charge in [0, 0.05) is 26.0 Å². The van der Waals surface area contributed by atoms with Crippen LogP contribution in [0.4, 0.5) is 17.1 Å². The lowest BCUT2D eigenvalue weighted by Gasteiger charge is -2.11. The lowest BCUT2D eigenvalue weighted by molar-refractivity contribution is 0.609. The minimum absolute atomic E-state index is 0.275. The second-order valence-electron chi connectivity index (χ2n) is 5.59. The maximum absolute atomic E-state index is 11.4. The van der Waals surface area contributed by atoms with Gasteiger partial charge in [0.25, 0.3) is 0 Å². The Kier molecular flexibility index (Phi) is 5.67. The molecular weight excluding hydrogens is 336 g/mol. The molecule has 0 aliphatic heterocycles. The topological polar surface area (TPSA) is 85.9 Å². The molecule has 0 aliphatic rings. The molecule has 0 fully saturated rings. The van der Waals surface area contributed by atoms with Crippen LogP contribution >= 0.6 is 0 Å². The minimum atomic E-state index is -3.52. The van der Waals surface area contributed by atoms with Crippen LogP contribution in [-0.2, 0) is 9.84 Å². The average Bonchev–Trinajstić information content (AvgIpc) is 2.58. The van der Waals surface area contributed by atoms with Crippen molar-refractivity contribution in [3.63, 3.8) is 0 Å². The molecule has 2 rings (SSSR count). The number of hydrogen-bond donors (Lipinski definition) is 0. The summed E-state index contributed by atoms with van der Waals surface area (Å²) in [5, 5.41) is 17.2. The quantitative estimate of drug-likeness (QED) is 0.598. The molecule has 128 valence electrons. The zero-order chi connectivity index (χ0) is 18.4. The third-order valence-electron chi connectivity index (χ3n) is 3.35. The van der Waals surface area contributed by atoms with E-state index in [0.717, 1.165) is 17.6 Å². The van der Waals surface area contributed by atoms with Gasteiger partial charge in [-0.1, -0.05) is 12.1 Å². The molecule has 6 nitrogen and oxygen atoms in total. The molecule has 0 atom stereocenters. The van der Waals surface area contributed by atoms with E-state index < -0.39 is 9.84 Å². The van der Waals surface area contributed by atoms with Gasteiger partial charge in [-0.2, -0.15) is 15.5 Å². The van der Waals surface area contributed by atoms with E-state index in [4.69, 9.17) is 5.26 Å². The zero-order valence-corrected chi connectivity index (χ0v) is 15.0. The SMILES string of the molecule is CN(C)c1ccc(/N=N/c2ccc(C=C(C#N)S(C)(=O)=O)cc2)cc1. The smallest absolute Gasteiger partial charge is 0.185 e. The van der Waals surface area contributed by atoms with Crippen molar-refractivity contribution < 1.29 is 8.42 Å².